The summed E-state index contributed by atoms with van der Waals surface area (Å²) in [7, 11) is -1.52. The van der Waals surface area contributed by atoms with E-state index >= 15 is 0 Å². The van der Waals surface area contributed by atoms with Crippen LogP contribution in [-0.4, -0.2) is 14.9 Å². The van der Waals surface area contributed by atoms with Crippen molar-refractivity contribution >= 4 is 8.32 Å². The Bertz CT molecular complexity index is 354. The van der Waals surface area contributed by atoms with Gasteiger partial charge in [-0.3, -0.25) is 0 Å². The van der Waals surface area contributed by atoms with Crippen LogP contribution < -0.4 is 0 Å². The van der Waals surface area contributed by atoms with Crippen molar-refractivity contribution in [3.05, 3.63) is 12.2 Å². The van der Waals surface area contributed by atoms with E-state index in [9.17, 15) is 0 Å². The Labute approximate surface area is 180 Å². The van der Waals surface area contributed by atoms with Gasteiger partial charge in [0.05, 0.1) is 0 Å². The summed E-state index contributed by atoms with van der Waals surface area (Å²) >= 11 is 0. The maximum Gasteiger partial charge on any atom is 0.191 e. The molecule has 1 nitrogen and oxygen atoms in total. The van der Waals surface area contributed by atoms with Crippen LogP contribution in [-0.2, 0) is 4.43 Å². The van der Waals surface area contributed by atoms with Crippen molar-refractivity contribution in [3.8, 4) is 0 Å². The number of unbranched alkanes of at least 4 members (excludes halogenated alkanes) is 14. The average molecular weight is 411 g/mol. The van der Waals surface area contributed by atoms with Crippen LogP contribution >= 0.6 is 0 Å². The van der Waals surface area contributed by atoms with Crippen LogP contribution in [0.5, 0.6) is 0 Å². The van der Waals surface area contributed by atoms with E-state index in [4.69, 9.17) is 4.43 Å². The van der Waals surface area contributed by atoms with Gasteiger partial charge in [-0.1, -0.05) is 110 Å². The van der Waals surface area contributed by atoms with Gasteiger partial charge in [0.1, 0.15) is 0 Å². The molecule has 0 bridgehead atoms. The van der Waals surface area contributed by atoms with Gasteiger partial charge in [-0.15, -0.1) is 0 Å². The van der Waals surface area contributed by atoms with E-state index in [2.05, 4.69) is 52.9 Å². The molecule has 0 fully saturated rings. The molecule has 0 radical (unpaired) electrons. The molecule has 0 saturated carbocycles. The largest absolute Gasteiger partial charge is 0.417 e. The number of rotatable bonds is 19. The average Bonchev–Trinajstić information content (AvgIpc) is 2.62. The fourth-order valence-electron chi connectivity index (χ4n) is 3.25. The second-order valence-corrected chi connectivity index (χ2v) is 15.1. The minimum Gasteiger partial charge on any atom is -0.417 e. The van der Waals surface area contributed by atoms with Crippen molar-refractivity contribution in [2.45, 2.75) is 149 Å². The van der Waals surface area contributed by atoms with Gasteiger partial charge in [-0.25, -0.2) is 0 Å². The topological polar surface area (TPSA) is 9.23 Å². The van der Waals surface area contributed by atoms with Crippen molar-refractivity contribution < 1.29 is 4.43 Å². The molecule has 168 valence electrons. The third kappa shape index (κ3) is 16.8. The molecule has 0 aliphatic carbocycles. The van der Waals surface area contributed by atoms with Gasteiger partial charge in [0.15, 0.2) is 8.32 Å². The summed E-state index contributed by atoms with van der Waals surface area (Å²) in [6, 6.07) is 0. The molecule has 0 N–H and O–H groups in total. The lowest BCUT2D eigenvalue weighted by Gasteiger charge is -2.36. The van der Waals surface area contributed by atoms with Crippen molar-refractivity contribution in [2.24, 2.45) is 0 Å². The highest BCUT2D eigenvalue weighted by molar-refractivity contribution is 6.74. The standard InChI is InChI=1S/C26H54OSi/c1-7-8-9-10-11-12-13-14-15-16-17-18-19-20-21-22-23-24-25-27-28(5,6)26(2,3)4/h13-14H,7-12,15-25H2,1-6H3. The van der Waals surface area contributed by atoms with E-state index in [1.807, 2.05) is 0 Å². The molecule has 0 aliphatic heterocycles. The van der Waals surface area contributed by atoms with Crippen molar-refractivity contribution in [3.63, 3.8) is 0 Å². The molecule has 0 atom stereocenters. The molecule has 28 heavy (non-hydrogen) atoms. The summed E-state index contributed by atoms with van der Waals surface area (Å²) in [6.07, 6.45) is 26.9. The Morgan fingerprint density at radius 2 is 1.00 bits per heavy atom. The first-order valence-corrected chi connectivity index (χ1v) is 15.5. The smallest absolute Gasteiger partial charge is 0.191 e. The summed E-state index contributed by atoms with van der Waals surface area (Å²) in [5, 5.41) is 0.344. The first-order chi connectivity index (χ1) is 13.3. The third-order valence-corrected chi connectivity index (χ3v) is 11.0. The van der Waals surface area contributed by atoms with Crippen LogP contribution in [0.25, 0.3) is 0 Å². The van der Waals surface area contributed by atoms with Gasteiger partial charge in [0, 0.05) is 6.61 Å². The van der Waals surface area contributed by atoms with E-state index < -0.39 is 8.32 Å². The van der Waals surface area contributed by atoms with E-state index in [1.54, 1.807) is 0 Å². The fourth-order valence-corrected chi connectivity index (χ4v) is 4.33. The van der Waals surface area contributed by atoms with Crippen LogP contribution in [0.1, 0.15) is 130 Å². The molecule has 0 unspecified atom stereocenters. The molecule has 0 aromatic carbocycles. The predicted molar refractivity (Wildman–Crippen MR) is 132 cm³/mol. The highest BCUT2D eigenvalue weighted by Gasteiger charge is 2.36. The predicted octanol–water partition coefficient (Wildman–Crippen LogP) is 9.83. The number of hydrogen-bond donors (Lipinski definition) is 0. The summed E-state index contributed by atoms with van der Waals surface area (Å²) in [6.45, 7) is 15.0. The Kier molecular flexibility index (Phi) is 17.7. The molecule has 0 aromatic rings. The zero-order valence-corrected chi connectivity index (χ0v) is 21.6. The Hall–Kier alpha value is -0.0831. The molecule has 2 heteroatoms. The van der Waals surface area contributed by atoms with Crippen LogP contribution in [0.2, 0.25) is 18.1 Å². The molecule has 0 rings (SSSR count). The lowest BCUT2D eigenvalue weighted by Crippen LogP contribution is -2.40. The summed E-state index contributed by atoms with van der Waals surface area (Å²) in [5.41, 5.74) is 0. The van der Waals surface area contributed by atoms with Crippen LogP contribution in [0.15, 0.2) is 12.2 Å². The summed E-state index contributed by atoms with van der Waals surface area (Å²) < 4.78 is 6.26. The van der Waals surface area contributed by atoms with Gasteiger partial charge >= 0.3 is 0 Å². The first-order valence-electron chi connectivity index (χ1n) is 12.6. The summed E-state index contributed by atoms with van der Waals surface area (Å²) in [4.78, 5) is 0. The van der Waals surface area contributed by atoms with Gasteiger partial charge in [0.25, 0.3) is 0 Å². The van der Waals surface area contributed by atoms with Crippen molar-refractivity contribution in [1.82, 2.24) is 0 Å². The molecule has 0 spiro atoms. The zero-order valence-electron chi connectivity index (χ0n) is 20.6. The molecule has 0 amide bonds. The van der Waals surface area contributed by atoms with Gasteiger partial charge in [-0.05, 0) is 50.2 Å². The summed E-state index contributed by atoms with van der Waals surface area (Å²) in [5.74, 6) is 0. The van der Waals surface area contributed by atoms with Gasteiger partial charge < -0.3 is 4.43 Å². The SMILES string of the molecule is CCCCCCCC=CCCCCCCCCCCCO[Si](C)(C)C(C)(C)C. The lowest BCUT2D eigenvalue weighted by atomic mass is 10.1. The first kappa shape index (κ1) is 27.9. The van der Waals surface area contributed by atoms with Crippen LogP contribution in [0.3, 0.4) is 0 Å². The van der Waals surface area contributed by atoms with E-state index in [1.165, 1.54) is 103 Å². The zero-order chi connectivity index (χ0) is 21.1. The molecular formula is C26H54OSi. The molecular weight excluding hydrogens is 356 g/mol. The monoisotopic (exact) mass is 410 g/mol. The Balaban J connectivity index is 3.26. The highest BCUT2D eigenvalue weighted by atomic mass is 28.4. The van der Waals surface area contributed by atoms with Gasteiger partial charge in [0.2, 0.25) is 0 Å². The molecule has 0 saturated heterocycles. The molecule has 0 aromatic heterocycles. The second kappa shape index (κ2) is 17.7. The minimum absolute atomic E-state index is 0.344. The molecule has 0 aliphatic rings. The fraction of sp³-hybridized carbons (Fsp3) is 0.923. The van der Waals surface area contributed by atoms with Crippen LogP contribution in [0.4, 0.5) is 0 Å². The van der Waals surface area contributed by atoms with E-state index in [-0.39, 0.29) is 0 Å². The van der Waals surface area contributed by atoms with Crippen molar-refractivity contribution in [2.75, 3.05) is 6.61 Å². The minimum atomic E-state index is -1.52. The van der Waals surface area contributed by atoms with Crippen molar-refractivity contribution in [1.29, 1.82) is 0 Å². The maximum atomic E-state index is 6.26. The second-order valence-electron chi connectivity index (χ2n) is 10.3. The van der Waals surface area contributed by atoms with E-state index in [0.717, 1.165) is 6.61 Å². The Morgan fingerprint density at radius 3 is 1.43 bits per heavy atom. The number of hydrogen-bond acceptors (Lipinski definition) is 1. The third-order valence-electron chi connectivity index (χ3n) is 6.43. The maximum absolute atomic E-state index is 6.26. The normalized spacial score (nSPS) is 12.9. The quantitative estimate of drug-likeness (QED) is 0.117. The highest BCUT2D eigenvalue weighted by Crippen LogP contribution is 2.36. The Morgan fingerprint density at radius 1 is 0.607 bits per heavy atom. The van der Waals surface area contributed by atoms with E-state index in [0.29, 0.717) is 5.04 Å². The van der Waals surface area contributed by atoms with Crippen LogP contribution in [0, 0.1) is 0 Å². The lowest BCUT2D eigenvalue weighted by molar-refractivity contribution is 0.277. The number of allylic oxidation sites excluding steroid dienone is 2. The molecule has 0 heterocycles. The van der Waals surface area contributed by atoms with Gasteiger partial charge in [-0.2, -0.15) is 0 Å².